The van der Waals surface area contributed by atoms with Crippen molar-refractivity contribution in [1.29, 1.82) is 0 Å². The lowest BCUT2D eigenvalue weighted by atomic mass is 9.66. The molecule has 0 amide bonds. The Hall–Kier alpha value is -1.41. The van der Waals surface area contributed by atoms with Gasteiger partial charge in [-0.25, -0.2) is 0 Å². The Bertz CT molecular complexity index is 642. The molecule has 0 radical (unpaired) electrons. The second kappa shape index (κ2) is 8.09. The molecular weight excluding hydrogens is 331 g/mol. The molecule has 1 aromatic rings. The minimum Gasteiger partial charge on any atom is -0.480 e. The lowest BCUT2D eigenvalue weighted by Crippen LogP contribution is -2.60. The van der Waals surface area contributed by atoms with Gasteiger partial charge in [0, 0.05) is 25.6 Å². The molecule has 3 atom stereocenters. The van der Waals surface area contributed by atoms with Crippen molar-refractivity contribution in [2.24, 2.45) is 17.6 Å². The van der Waals surface area contributed by atoms with Crippen LogP contribution in [0, 0.1) is 11.8 Å². The summed E-state index contributed by atoms with van der Waals surface area (Å²) >= 11 is 0. The van der Waals surface area contributed by atoms with Gasteiger partial charge in [-0.15, -0.1) is 0 Å². The Morgan fingerprint density at radius 1 is 1.27 bits per heavy atom. The second-order valence-corrected chi connectivity index (χ2v) is 8.00. The second-order valence-electron chi connectivity index (χ2n) is 8.00. The molecule has 0 unspecified atom stereocenters. The van der Waals surface area contributed by atoms with Gasteiger partial charge in [-0.05, 0) is 49.0 Å². The van der Waals surface area contributed by atoms with Crippen molar-refractivity contribution in [1.82, 2.24) is 4.90 Å². The molecule has 2 aliphatic rings. The molecule has 26 heavy (non-hydrogen) atoms. The molecular formula is C19H29BN2O4. The Labute approximate surface area is 155 Å². The quantitative estimate of drug-likeness (QED) is 0.566. The van der Waals surface area contributed by atoms with Gasteiger partial charge in [-0.3, -0.25) is 9.69 Å². The SMILES string of the molecule is N[C@]1(C(=O)O)C[C@H](CCB(O)O)CC[C@H]1CN1CCc2ccccc2C1. The monoisotopic (exact) mass is 360 g/mol. The standard InChI is InChI=1S/C19H29BN2O4/c21-19(18(23)24)11-14(7-9-20(25)26)5-6-17(19)13-22-10-8-15-3-1-2-4-16(15)12-22/h1-4,14,17,25-26H,5-13,21H2,(H,23,24)/t14-,17-,19+/m0/s1. The predicted octanol–water partition coefficient (Wildman–Crippen LogP) is 1.11. The molecule has 1 aromatic carbocycles. The molecule has 1 heterocycles. The lowest BCUT2D eigenvalue weighted by Gasteiger charge is -2.44. The maximum absolute atomic E-state index is 12.0. The highest BCUT2D eigenvalue weighted by Crippen LogP contribution is 2.39. The summed E-state index contributed by atoms with van der Waals surface area (Å²) in [5.41, 5.74) is 7.87. The fourth-order valence-corrected chi connectivity index (χ4v) is 4.61. The average Bonchev–Trinajstić information content (AvgIpc) is 2.62. The van der Waals surface area contributed by atoms with Crippen LogP contribution in [0.2, 0.25) is 6.32 Å². The lowest BCUT2D eigenvalue weighted by molar-refractivity contribution is -0.148. The minimum absolute atomic E-state index is 0.0828. The molecule has 1 fully saturated rings. The number of rotatable bonds is 6. The Morgan fingerprint density at radius 2 is 2.00 bits per heavy atom. The van der Waals surface area contributed by atoms with Crippen molar-refractivity contribution in [3.63, 3.8) is 0 Å². The first-order valence-corrected chi connectivity index (χ1v) is 9.56. The molecule has 1 aliphatic carbocycles. The first-order valence-electron chi connectivity index (χ1n) is 9.56. The van der Waals surface area contributed by atoms with Gasteiger partial charge in [0.25, 0.3) is 0 Å². The maximum Gasteiger partial charge on any atom is 0.451 e. The van der Waals surface area contributed by atoms with Crippen molar-refractivity contribution in [3.8, 4) is 0 Å². The largest absolute Gasteiger partial charge is 0.480 e. The van der Waals surface area contributed by atoms with Gasteiger partial charge in [-0.1, -0.05) is 30.7 Å². The van der Waals surface area contributed by atoms with Crippen molar-refractivity contribution < 1.29 is 19.9 Å². The Morgan fingerprint density at radius 3 is 2.69 bits per heavy atom. The molecule has 6 nitrogen and oxygen atoms in total. The summed E-state index contributed by atoms with van der Waals surface area (Å²) in [6, 6.07) is 8.42. The van der Waals surface area contributed by atoms with E-state index in [-0.39, 0.29) is 18.2 Å². The van der Waals surface area contributed by atoms with E-state index in [9.17, 15) is 9.90 Å². The van der Waals surface area contributed by atoms with Crippen LogP contribution >= 0.6 is 0 Å². The van der Waals surface area contributed by atoms with Crippen LogP contribution in [0.25, 0.3) is 0 Å². The molecule has 0 spiro atoms. The first-order chi connectivity index (χ1) is 12.4. The van der Waals surface area contributed by atoms with Crippen molar-refractivity contribution >= 4 is 13.1 Å². The van der Waals surface area contributed by atoms with Crippen LogP contribution in [-0.2, 0) is 17.8 Å². The van der Waals surface area contributed by atoms with E-state index in [1.165, 1.54) is 11.1 Å². The number of carbonyl (C=O) groups is 1. The van der Waals surface area contributed by atoms with E-state index in [4.69, 9.17) is 15.8 Å². The normalized spacial score (nSPS) is 29.2. The van der Waals surface area contributed by atoms with Crippen LogP contribution in [0.5, 0.6) is 0 Å². The molecule has 0 saturated heterocycles. The van der Waals surface area contributed by atoms with Gasteiger partial charge in [0.2, 0.25) is 0 Å². The number of hydrogen-bond donors (Lipinski definition) is 4. The molecule has 0 aromatic heterocycles. The van der Waals surface area contributed by atoms with Crippen LogP contribution in [0.3, 0.4) is 0 Å². The van der Waals surface area contributed by atoms with Gasteiger partial charge in [0.05, 0.1) is 0 Å². The zero-order valence-electron chi connectivity index (χ0n) is 15.2. The van der Waals surface area contributed by atoms with Crippen molar-refractivity contribution in [2.75, 3.05) is 13.1 Å². The summed E-state index contributed by atoms with van der Waals surface area (Å²) < 4.78 is 0. The molecule has 7 heteroatoms. The number of nitrogens with two attached hydrogens (primary N) is 1. The number of hydrogen-bond acceptors (Lipinski definition) is 5. The molecule has 5 N–H and O–H groups in total. The van der Waals surface area contributed by atoms with Gasteiger partial charge >= 0.3 is 13.1 Å². The third-order valence-electron chi connectivity index (χ3n) is 6.20. The fraction of sp³-hybridized carbons (Fsp3) is 0.632. The van der Waals surface area contributed by atoms with Gasteiger partial charge in [0.15, 0.2) is 0 Å². The minimum atomic E-state index is -1.34. The van der Waals surface area contributed by atoms with Crippen LogP contribution in [0.1, 0.15) is 36.8 Å². The number of nitrogens with zero attached hydrogens (tertiary/aromatic N) is 1. The summed E-state index contributed by atoms with van der Waals surface area (Å²) in [4.78, 5) is 14.3. The third-order valence-corrected chi connectivity index (χ3v) is 6.20. The van der Waals surface area contributed by atoms with Crippen molar-refractivity contribution in [2.45, 2.75) is 50.5 Å². The highest BCUT2D eigenvalue weighted by molar-refractivity contribution is 6.40. The smallest absolute Gasteiger partial charge is 0.451 e. The first kappa shape index (κ1) is 19.4. The van der Waals surface area contributed by atoms with Crippen LogP contribution in [0.4, 0.5) is 0 Å². The molecule has 1 aliphatic heterocycles. The topological polar surface area (TPSA) is 107 Å². The fourth-order valence-electron chi connectivity index (χ4n) is 4.61. The van der Waals surface area contributed by atoms with Crippen LogP contribution in [-0.4, -0.2) is 51.8 Å². The van der Waals surface area contributed by atoms with Crippen molar-refractivity contribution in [3.05, 3.63) is 35.4 Å². The summed E-state index contributed by atoms with van der Waals surface area (Å²) in [5, 5.41) is 28.0. The summed E-state index contributed by atoms with van der Waals surface area (Å²) in [7, 11) is -1.34. The highest BCUT2D eigenvalue weighted by Gasteiger charge is 2.47. The van der Waals surface area contributed by atoms with Gasteiger partial charge in [0.1, 0.15) is 5.54 Å². The Balaban J connectivity index is 1.65. The third kappa shape index (κ3) is 4.28. The number of fused-ring (bicyclic) bond motifs is 1. The molecule has 142 valence electrons. The maximum atomic E-state index is 12.0. The number of benzene rings is 1. The van der Waals surface area contributed by atoms with Crippen LogP contribution < -0.4 is 5.73 Å². The summed E-state index contributed by atoms with van der Waals surface area (Å²) in [5.74, 6) is -0.883. The molecule has 1 saturated carbocycles. The molecule has 3 rings (SSSR count). The summed E-state index contributed by atoms with van der Waals surface area (Å²) in [6.45, 7) is 2.48. The van der Waals surface area contributed by atoms with Gasteiger partial charge in [-0.2, -0.15) is 0 Å². The predicted molar refractivity (Wildman–Crippen MR) is 100 cm³/mol. The van der Waals surface area contributed by atoms with E-state index < -0.39 is 18.6 Å². The number of carboxylic acid groups (broad SMARTS) is 1. The van der Waals surface area contributed by atoms with Crippen LogP contribution in [0.15, 0.2) is 24.3 Å². The number of carboxylic acids is 1. The van der Waals surface area contributed by atoms with E-state index in [2.05, 4.69) is 23.1 Å². The van der Waals surface area contributed by atoms with Gasteiger partial charge < -0.3 is 20.9 Å². The van der Waals surface area contributed by atoms with E-state index in [1.807, 2.05) is 6.07 Å². The zero-order valence-corrected chi connectivity index (χ0v) is 15.2. The van der Waals surface area contributed by atoms with E-state index in [0.717, 1.165) is 32.4 Å². The zero-order chi connectivity index (χ0) is 18.7. The van der Waals surface area contributed by atoms with E-state index >= 15 is 0 Å². The van der Waals surface area contributed by atoms with E-state index in [1.54, 1.807) is 0 Å². The summed E-state index contributed by atoms with van der Waals surface area (Å²) in [6.07, 6.45) is 3.94. The molecule has 0 bridgehead atoms. The highest BCUT2D eigenvalue weighted by atomic mass is 16.4. The average molecular weight is 360 g/mol. The van der Waals surface area contributed by atoms with E-state index in [0.29, 0.717) is 19.4 Å². The number of aliphatic carboxylic acids is 1. The Kier molecular flexibility index (Phi) is 6.02.